The lowest BCUT2D eigenvalue weighted by Gasteiger charge is -2.19. The van der Waals surface area contributed by atoms with Crippen LogP contribution in [0.4, 0.5) is 8.78 Å². The van der Waals surface area contributed by atoms with Crippen LogP contribution < -0.4 is 5.32 Å². The van der Waals surface area contributed by atoms with Gasteiger partial charge in [0.2, 0.25) is 0 Å². The summed E-state index contributed by atoms with van der Waals surface area (Å²) in [4.78, 5) is 5.55. The lowest BCUT2D eigenvalue weighted by atomic mass is 10.1. The van der Waals surface area contributed by atoms with Crippen molar-refractivity contribution >= 4 is 11.3 Å². The normalized spacial score (nSPS) is 14.2. The van der Waals surface area contributed by atoms with Crippen LogP contribution in [0.15, 0.2) is 24.4 Å². The number of halogens is 2. The van der Waals surface area contributed by atoms with Gasteiger partial charge in [0.15, 0.2) is 0 Å². The fraction of sp³-hybridized carbons (Fsp3) is 0.400. The van der Waals surface area contributed by atoms with E-state index in [9.17, 15) is 8.78 Å². The summed E-state index contributed by atoms with van der Waals surface area (Å²) in [5, 5.41) is 4.14. The van der Waals surface area contributed by atoms with Crippen LogP contribution in [0.5, 0.6) is 0 Å². The van der Waals surface area contributed by atoms with Crippen molar-refractivity contribution < 1.29 is 8.78 Å². The van der Waals surface area contributed by atoms with Gasteiger partial charge in [0, 0.05) is 22.7 Å². The Kier molecular flexibility index (Phi) is 4.83. The van der Waals surface area contributed by atoms with E-state index in [1.807, 2.05) is 13.1 Å². The highest BCUT2D eigenvalue weighted by molar-refractivity contribution is 7.11. The molecule has 2 unspecified atom stereocenters. The van der Waals surface area contributed by atoms with E-state index in [4.69, 9.17) is 0 Å². The zero-order chi connectivity index (χ0) is 14.7. The van der Waals surface area contributed by atoms with Crippen LogP contribution in [0.1, 0.15) is 48.3 Å². The monoisotopic (exact) mass is 296 g/mol. The topological polar surface area (TPSA) is 24.9 Å². The van der Waals surface area contributed by atoms with Gasteiger partial charge in [-0.1, -0.05) is 13.0 Å². The van der Waals surface area contributed by atoms with Crippen LogP contribution in [-0.4, -0.2) is 4.98 Å². The molecule has 0 aliphatic heterocycles. The fourth-order valence-corrected chi connectivity index (χ4v) is 3.01. The van der Waals surface area contributed by atoms with Crippen molar-refractivity contribution in [1.82, 2.24) is 10.3 Å². The first kappa shape index (κ1) is 15.1. The van der Waals surface area contributed by atoms with Gasteiger partial charge in [-0.3, -0.25) is 0 Å². The molecule has 20 heavy (non-hydrogen) atoms. The van der Waals surface area contributed by atoms with Gasteiger partial charge in [-0.05, 0) is 32.4 Å². The lowest BCUT2D eigenvalue weighted by molar-refractivity contribution is 0.449. The van der Waals surface area contributed by atoms with E-state index in [2.05, 4.69) is 17.2 Å². The Morgan fingerprint density at radius 3 is 2.40 bits per heavy atom. The molecule has 0 radical (unpaired) electrons. The quantitative estimate of drug-likeness (QED) is 0.885. The van der Waals surface area contributed by atoms with Gasteiger partial charge in [-0.2, -0.15) is 0 Å². The minimum Gasteiger partial charge on any atom is -0.301 e. The Morgan fingerprint density at radius 1 is 1.20 bits per heavy atom. The zero-order valence-corrected chi connectivity index (χ0v) is 12.6. The maximum atomic E-state index is 13.7. The van der Waals surface area contributed by atoms with E-state index in [0.717, 1.165) is 11.4 Å². The molecule has 0 aliphatic carbocycles. The Hall–Kier alpha value is -1.33. The summed E-state index contributed by atoms with van der Waals surface area (Å²) in [6.45, 7) is 5.78. The van der Waals surface area contributed by atoms with E-state index >= 15 is 0 Å². The average molecular weight is 296 g/mol. The standard InChI is InChI=1S/C15H18F2N2S/c1-4-11-8-18-15(20-11)10(3)19-9(2)14-12(16)6-5-7-13(14)17/h5-10,19H,4H2,1-3H3. The molecule has 1 N–H and O–H groups in total. The van der Waals surface area contributed by atoms with Gasteiger partial charge >= 0.3 is 0 Å². The first-order valence-corrected chi connectivity index (χ1v) is 7.49. The van der Waals surface area contributed by atoms with Crippen LogP contribution >= 0.6 is 11.3 Å². The second kappa shape index (κ2) is 6.41. The second-order valence-corrected chi connectivity index (χ2v) is 5.91. The number of nitrogens with one attached hydrogen (secondary N) is 1. The van der Waals surface area contributed by atoms with Gasteiger partial charge < -0.3 is 5.32 Å². The summed E-state index contributed by atoms with van der Waals surface area (Å²) in [5.74, 6) is -1.05. The molecule has 5 heteroatoms. The highest BCUT2D eigenvalue weighted by Crippen LogP contribution is 2.26. The van der Waals surface area contributed by atoms with E-state index in [1.54, 1.807) is 18.3 Å². The van der Waals surface area contributed by atoms with Crippen LogP contribution in [-0.2, 0) is 6.42 Å². The van der Waals surface area contributed by atoms with Crippen LogP contribution in [0.3, 0.4) is 0 Å². The molecule has 2 aromatic rings. The Morgan fingerprint density at radius 2 is 1.85 bits per heavy atom. The van der Waals surface area contributed by atoms with Crippen LogP contribution in [0.2, 0.25) is 0 Å². The zero-order valence-electron chi connectivity index (χ0n) is 11.8. The summed E-state index contributed by atoms with van der Waals surface area (Å²) < 4.78 is 27.4. The summed E-state index contributed by atoms with van der Waals surface area (Å²) in [7, 11) is 0. The van der Waals surface area contributed by atoms with Crippen LogP contribution in [0, 0.1) is 11.6 Å². The van der Waals surface area contributed by atoms with Crippen molar-refractivity contribution in [2.24, 2.45) is 0 Å². The van der Waals surface area contributed by atoms with Gasteiger partial charge in [-0.15, -0.1) is 11.3 Å². The van der Waals surface area contributed by atoms with Gasteiger partial charge in [0.25, 0.3) is 0 Å². The van der Waals surface area contributed by atoms with E-state index in [0.29, 0.717) is 0 Å². The number of rotatable bonds is 5. The third-order valence-corrected chi connectivity index (χ3v) is 4.55. The number of benzene rings is 1. The van der Waals surface area contributed by atoms with Gasteiger partial charge in [-0.25, -0.2) is 13.8 Å². The molecule has 2 nitrogen and oxygen atoms in total. The van der Waals surface area contributed by atoms with Crippen molar-refractivity contribution in [3.05, 3.63) is 51.5 Å². The highest BCUT2D eigenvalue weighted by Gasteiger charge is 2.19. The van der Waals surface area contributed by atoms with Crippen molar-refractivity contribution in [2.75, 3.05) is 0 Å². The molecule has 1 aromatic heterocycles. The molecule has 0 saturated carbocycles. The molecule has 0 saturated heterocycles. The van der Waals surface area contributed by atoms with E-state index in [-0.39, 0.29) is 11.6 Å². The minimum absolute atomic E-state index is 0.0469. The Bertz CT molecular complexity index is 563. The van der Waals surface area contributed by atoms with Crippen molar-refractivity contribution in [3.63, 3.8) is 0 Å². The summed E-state index contributed by atoms with van der Waals surface area (Å²) >= 11 is 1.63. The lowest BCUT2D eigenvalue weighted by Crippen LogP contribution is -2.24. The maximum Gasteiger partial charge on any atom is 0.130 e. The number of hydrogen-bond donors (Lipinski definition) is 1. The molecule has 2 rings (SSSR count). The molecule has 1 heterocycles. The molecule has 108 valence electrons. The molecule has 2 atom stereocenters. The third-order valence-electron chi connectivity index (χ3n) is 3.22. The first-order valence-electron chi connectivity index (χ1n) is 6.67. The minimum atomic E-state index is -0.523. The van der Waals surface area contributed by atoms with Crippen LogP contribution in [0.25, 0.3) is 0 Å². The van der Waals surface area contributed by atoms with Crippen molar-refractivity contribution in [1.29, 1.82) is 0 Å². The highest BCUT2D eigenvalue weighted by atomic mass is 32.1. The third kappa shape index (κ3) is 3.22. The smallest absolute Gasteiger partial charge is 0.130 e. The molecule has 1 aromatic carbocycles. The molecule has 0 aliphatic rings. The van der Waals surface area contributed by atoms with E-state index < -0.39 is 17.7 Å². The average Bonchev–Trinajstić information content (AvgIpc) is 2.87. The van der Waals surface area contributed by atoms with Crippen molar-refractivity contribution in [3.8, 4) is 0 Å². The Balaban J connectivity index is 2.12. The summed E-state index contributed by atoms with van der Waals surface area (Å²) in [6, 6.07) is 3.47. The molecule has 0 spiro atoms. The SMILES string of the molecule is CCc1cnc(C(C)NC(C)c2c(F)cccc2F)s1. The maximum absolute atomic E-state index is 13.7. The Labute approximate surface area is 121 Å². The summed E-state index contributed by atoms with van der Waals surface area (Å²) in [6.07, 6.45) is 2.80. The molecule has 0 bridgehead atoms. The van der Waals surface area contributed by atoms with Gasteiger partial charge in [0.1, 0.15) is 16.6 Å². The second-order valence-electron chi connectivity index (χ2n) is 4.76. The molecule has 0 fully saturated rings. The summed E-state index contributed by atoms with van der Waals surface area (Å²) in [5.41, 5.74) is 0.0756. The number of nitrogens with zero attached hydrogens (tertiary/aromatic N) is 1. The molecule has 0 amide bonds. The number of hydrogen-bond acceptors (Lipinski definition) is 3. The fourth-order valence-electron chi connectivity index (χ4n) is 2.14. The first-order chi connectivity index (χ1) is 9.52. The number of thiazole rings is 1. The predicted molar refractivity (Wildman–Crippen MR) is 77.8 cm³/mol. The molecular formula is C15H18F2N2S. The predicted octanol–water partition coefficient (Wildman–Crippen LogP) is 4.40. The largest absolute Gasteiger partial charge is 0.301 e. The van der Waals surface area contributed by atoms with Gasteiger partial charge in [0.05, 0.1) is 6.04 Å². The van der Waals surface area contributed by atoms with Crippen molar-refractivity contribution in [2.45, 2.75) is 39.3 Å². The number of aryl methyl sites for hydroxylation is 1. The van der Waals surface area contributed by atoms with E-state index in [1.165, 1.54) is 23.1 Å². The molecular weight excluding hydrogens is 278 g/mol. The number of aromatic nitrogens is 1.